The molecule has 0 saturated carbocycles. The molecule has 2 fully saturated rings. The van der Waals surface area contributed by atoms with Crippen molar-refractivity contribution in [2.24, 2.45) is 5.41 Å². The van der Waals surface area contributed by atoms with E-state index in [4.69, 9.17) is 9.47 Å². The summed E-state index contributed by atoms with van der Waals surface area (Å²) in [5.74, 6) is -0.185. The van der Waals surface area contributed by atoms with Gasteiger partial charge in [-0.2, -0.15) is 0 Å². The molecule has 0 radical (unpaired) electrons. The van der Waals surface area contributed by atoms with E-state index in [1.807, 2.05) is 0 Å². The average molecular weight is 256 g/mol. The van der Waals surface area contributed by atoms with Crippen molar-refractivity contribution in [2.45, 2.75) is 25.9 Å². The van der Waals surface area contributed by atoms with Gasteiger partial charge in [0.2, 0.25) is 0 Å². The molecule has 1 N–H and O–H groups in total. The summed E-state index contributed by atoms with van der Waals surface area (Å²) in [7, 11) is 1.42. The third-order valence-electron chi connectivity index (χ3n) is 3.91. The van der Waals surface area contributed by atoms with Crippen molar-refractivity contribution in [3.63, 3.8) is 0 Å². The van der Waals surface area contributed by atoms with Gasteiger partial charge in [-0.1, -0.05) is 6.92 Å². The number of carbonyl (C=O) groups excluding carboxylic acids is 1. The van der Waals surface area contributed by atoms with Gasteiger partial charge in [-0.3, -0.25) is 9.69 Å². The minimum absolute atomic E-state index is 0.0100. The molecule has 5 nitrogen and oxygen atoms in total. The van der Waals surface area contributed by atoms with E-state index in [1.54, 1.807) is 0 Å². The second kappa shape index (κ2) is 5.99. The van der Waals surface area contributed by atoms with Crippen LogP contribution in [0.5, 0.6) is 0 Å². The molecule has 0 aromatic rings. The van der Waals surface area contributed by atoms with Crippen LogP contribution in [0, 0.1) is 5.41 Å². The largest absolute Gasteiger partial charge is 0.469 e. The Labute approximate surface area is 109 Å². The normalized spacial score (nSPS) is 33.6. The lowest BCUT2D eigenvalue weighted by Crippen LogP contribution is -2.47. The maximum absolute atomic E-state index is 11.3. The van der Waals surface area contributed by atoms with E-state index in [1.165, 1.54) is 13.5 Å². The van der Waals surface area contributed by atoms with Gasteiger partial charge in [-0.05, 0) is 18.4 Å². The first-order chi connectivity index (χ1) is 8.61. The van der Waals surface area contributed by atoms with Gasteiger partial charge >= 0.3 is 5.97 Å². The standard InChI is InChI=1S/C13H24N2O3/c1-13(3-4-14-9-13)10-15-5-6-18-11(8-15)7-12(16)17-2/h11,14H,3-10H2,1-2H3. The Kier molecular flexibility index (Phi) is 4.59. The summed E-state index contributed by atoms with van der Waals surface area (Å²) in [6.45, 7) is 8.14. The highest BCUT2D eigenvalue weighted by atomic mass is 16.5. The number of methoxy groups -OCH3 is 1. The molecule has 5 heteroatoms. The molecule has 0 aliphatic carbocycles. The summed E-state index contributed by atoms with van der Waals surface area (Å²) in [6.07, 6.45) is 1.58. The van der Waals surface area contributed by atoms with E-state index in [-0.39, 0.29) is 12.1 Å². The molecule has 0 aromatic heterocycles. The van der Waals surface area contributed by atoms with Gasteiger partial charge in [0.15, 0.2) is 0 Å². The zero-order chi connectivity index (χ0) is 13.0. The molecule has 0 aromatic carbocycles. The fourth-order valence-corrected chi connectivity index (χ4v) is 2.86. The molecule has 18 heavy (non-hydrogen) atoms. The van der Waals surface area contributed by atoms with Crippen molar-refractivity contribution in [1.29, 1.82) is 0 Å². The fourth-order valence-electron chi connectivity index (χ4n) is 2.86. The second-order valence-electron chi connectivity index (χ2n) is 5.75. The van der Waals surface area contributed by atoms with Crippen LogP contribution in [0.15, 0.2) is 0 Å². The lowest BCUT2D eigenvalue weighted by molar-refractivity contribution is -0.145. The van der Waals surface area contributed by atoms with E-state index in [2.05, 4.69) is 17.1 Å². The highest BCUT2D eigenvalue weighted by molar-refractivity contribution is 5.69. The van der Waals surface area contributed by atoms with Gasteiger partial charge < -0.3 is 14.8 Å². The summed E-state index contributed by atoms with van der Waals surface area (Å²) in [4.78, 5) is 13.7. The monoisotopic (exact) mass is 256 g/mol. The first-order valence-electron chi connectivity index (χ1n) is 6.73. The minimum Gasteiger partial charge on any atom is -0.469 e. The number of rotatable bonds is 4. The number of nitrogens with one attached hydrogen (secondary N) is 1. The lowest BCUT2D eigenvalue weighted by Gasteiger charge is -2.37. The summed E-state index contributed by atoms with van der Waals surface area (Å²) in [5, 5.41) is 3.42. The van der Waals surface area contributed by atoms with Crippen LogP contribution in [0.4, 0.5) is 0 Å². The molecule has 0 bridgehead atoms. The Hall–Kier alpha value is -0.650. The SMILES string of the molecule is COC(=O)CC1CN(CC2(C)CCNC2)CCO1. The van der Waals surface area contributed by atoms with Crippen LogP contribution in [0.3, 0.4) is 0 Å². The van der Waals surface area contributed by atoms with Crippen LogP contribution in [-0.4, -0.2) is 63.4 Å². The molecule has 2 saturated heterocycles. The molecule has 2 atom stereocenters. The number of esters is 1. The maximum atomic E-state index is 11.3. The Balaban J connectivity index is 1.81. The number of hydrogen-bond donors (Lipinski definition) is 1. The number of ether oxygens (including phenoxy) is 2. The number of morpholine rings is 1. The molecule has 2 unspecified atom stereocenters. The molecule has 0 spiro atoms. The summed E-state index contributed by atoms with van der Waals surface area (Å²) >= 11 is 0. The van der Waals surface area contributed by atoms with Gasteiger partial charge in [-0.25, -0.2) is 0 Å². The van der Waals surface area contributed by atoms with Crippen molar-refractivity contribution in [2.75, 3.05) is 46.4 Å². The Morgan fingerprint density at radius 2 is 2.44 bits per heavy atom. The van der Waals surface area contributed by atoms with Gasteiger partial charge in [0, 0.05) is 26.2 Å². The zero-order valence-corrected chi connectivity index (χ0v) is 11.4. The molecule has 2 aliphatic rings. The smallest absolute Gasteiger partial charge is 0.308 e. The number of hydrogen-bond acceptors (Lipinski definition) is 5. The van der Waals surface area contributed by atoms with Crippen LogP contribution in [0.25, 0.3) is 0 Å². The highest BCUT2D eigenvalue weighted by Crippen LogP contribution is 2.26. The van der Waals surface area contributed by atoms with Crippen molar-refractivity contribution >= 4 is 5.97 Å². The van der Waals surface area contributed by atoms with Gasteiger partial charge in [0.1, 0.15) is 0 Å². The molecular weight excluding hydrogens is 232 g/mol. The van der Waals surface area contributed by atoms with E-state index in [0.29, 0.717) is 18.4 Å². The molecule has 2 heterocycles. The second-order valence-corrected chi connectivity index (χ2v) is 5.75. The molecule has 0 amide bonds. The first-order valence-corrected chi connectivity index (χ1v) is 6.73. The van der Waals surface area contributed by atoms with Crippen LogP contribution < -0.4 is 5.32 Å². The summed E-state index contributed by atoms with van der Waals surface area (Å²) in [5.41, 5.74) is 0.368. The topological polar surface area (TPSA) is 50.8 Å². The predicted octanol–water partition coefficient (Wildman–Crippen LogP) is 0.250. The van der Waals surface area contributed by atoms with Crippen molar-refractivity contribution in [3.05, 3.63) is 0 Å². The third-order valence-corrected chi connectivity index (χ3v) is 3.91. The van der Waals surface area contributed by atoms with Crippen LogP contribution in [0.1, 0.15) is 19.8 Å². The zero-order valence-electron chi connectivity index (χ0n) is 11.4. The van der Waals surface area contributed by atoms with Gasteiger partial charge in [0.25, 0.3) is 0 Å². The molecule has 104 valence electrons. The van der Waals surface area contributed by atoms with E-state index >= 15 is 0 Å². The van der Waals surface area contributed by atoms with Crippen molar-refractivity contribution in [3.8, 4) is 0 Å². The van der Waals surface area contributed by atoms with Crippen LogP contribution in [-0.2, 0) is 14.3 Å². The Bertz CT molecular complexity index is 290. The van der Waals surface area contributed by atoms with Crippen molar-refractivity contribution in [1.82, 2.24) is 10.2 Å². The third kappa shape index (κ3) is 3.67. The summed E-state index contributed by atoms with van der Waals surface area (Å²) < 4.78 is 10.3. The highest BCUT2D eigenvalue weighted by Gasteiger charge is 2.33. The Morgan fingerprint density at radius 1 is 1.61 bits per heavy atom. The minimum atomic E-state index is -0.185. The molecular formula is C13H24N2O3. The first kappa shape index (κ1) is 13.8. The summed E-state index contributed by atoms with van der Waals surface area (Å²) in [6, 6.07) is 0. The quantitative estimate of drug-likeness (QED) is 0.731. The van der Waals surface area contributed by atoms with Crippen LogP contribution in [0.2, 0.25) is 0 Å². The predicted molar refractivity (Wildman–Crippen MR) is 68.4 cm³/mol. The molecule has 2 aliphatic heterocycles. The fraction of sp³-hybridized carbons (Fsp3) is 0.923. The number of nitrogens with zero attached hydrogens (tertiary/aromatic N) is 1. The van der Waals surface area contributed by atoms with Gasteiger partial charge in [0.05, 0.1) is 26.2 Å². The van der Waals surface area contributed by atoms with Gasteiger partial charge in [-0.15, -0.1) is 0 Å². The molecule has 2 rings (SSSR count). The maximum Gasteiger partial charge on any atom is 0.308 e. The lowest BCUT2D eigenvalue weighted by atomic mass is 9.89. The number of carbonyl (C=O) groups is 1. The van der Waals surface area contributed by atoms with Crippen LogP contribution >= 0.6 is 0 Å². The van der Waals surface area contributed by atoms with E-state index in [9.17, 15) is 4.79 Å². The van der Waals surface area contributed by atoms with Crippen molar-refractivity contribution < 1.29 is 14.3 Å². The average Bonchev–Trinajstić information content (AvgIpc) is 2.76. The Morgan fingerprint density at radius 3 is 3.11 bits per heavy atom. The van der Waals surface area contributed by atoms with E-state index in [0.717, 1.165) is 32.7 Å². The van der Waals surface area contributed by atoms with E-state index < -0.39 is 0 Å².